The van der Waals surface area contributed by atoms with Crippen molar-refractivity contribution in [3.8, 4) is 11.3 Å². The van der Waals surface area contributed by atoms with Gasteiger partial charge in [0.15, 0.2) is 11.3 Å². The second kappa shape index (κ2) is 7.50. The number of nitrogens with one attached hydrogen (secondary N) is 1. The molecule has 1 aromatic carbocycles. The van der Waals surface area contributed by atoms with E-state index in [4.69, 9.17) is 4.74 Å². The lowest BCUT2D eigenvalue weighted by molar-refractivity contribution is 0.0634. The Morgan fingerprint density at radius 2 is 1.97 bits per heavy atom. The van der Waals surface area contributed by atoms with Crippen LogP contribution in [0.25, 0.3) is 16.9 Å². The van der Waals surface area contributed by atoms with Gasteiger partial charge in [0.05, 0.1) is 5.69 Å². The van der Waals surface area contributed by atoms with E-state index in [0.717, 1.165) is 0 Å². The van der Waals surface area contributed by atoms with Gasteiger partial charge in [-0.05, 0) is 51.5 Å². The maximum Gasteiger partial charge on any atom is 0.412 e. The Balaban J connectivity index is 2.01. The van der Waals surface area contributed by atoms with Crippen LogP contribution in [-0.4, -0.2) is 37.4 Å². The van der Waals surface area contributed by atoms with E-state index in [2.05, 4.69) is 15.4 Å². The number of anilines is 1. The Bertz CT molecular complexity index is 1100. The molecular formula is C20H21FN4O4. The molecule has 2 N–H and O–H groups in total. The monoisotopic (exact) mass is 400 g/mol. The molecule has 29 heavy (non-hydrogen) atoms. The summed E-state index contributed by atoms with van der Waals surface area (Å²) in [5.74, 6) is -1.70. The fourth-order valence-electron chi connectivity index (χ4n) is 2.75. The molecule has 9 heteroatoms. The molecule has 0 bridgehead atoms. The van der Waals surface area contributed by atoms with Gasteiger partial charge in [-0.25, -0.2) is 23.5 Å². The Morgan fingerprint density at radius 1 is 1.24 bits per heavy atom. The summed E-state index contributed by atoms with van der Waals surface area (Å²) in [7, 11) is 0. The smallest absolute Gasteiger partial charge is 0.412 e. The molecule has 3 aromatic rings. The Morgan fingerprint density at radius 3 is 2.59 bits per heavy atom. The van der Waals surface area contributed by atoms with Crippen LogP contribution in [0.4, 0.5) is 14.9 Å². The highest BCUT2D eigenvalue weighted by molar-refractivity contribution is 5.87. The number of carboxylic acid groups (broad SMARTS) is 1. The number of ether oxygens (including phenoxy) is 1. The normalized spacial score (nSPS) is 11.5. The van der Waals surface area contributed by atoms with Crippen LogP contribution in [0.3, 0.4) is 0 Å². The predicted molar refractivity (Wildman–Crippen MR) is 105 cm³/mol. The van der Waals surface area contributed by atoms with E-state index in [1.165, 1.54) is 34.8 Å². The molecule has 2 aromatic heterocycles. The third kappa shape index (κ3) is 4.50. The Kier molecular flexibility index (Phi) is 5.23. The molecule has 0 unspecified atom stereocenters. The van der Waals surface area contributed by atoms with Crippen LogP contribution in [0.1, 0.15) is 43.9 Å². The third-order valence-corrected chi connectivity index (χ3v) is 3.97. The summed E-state index contributed by atoms with van der Waals surface area (Å²) in [5.41, 5.74) is 0.884. The molecule has 1 amide bonds. The molecule has 0 saturated heterocycles. The number of aromatic nitrogens is 3. The molecule has 8 nitrogen and oxygen atoms in total. The molecule has 0 radical (unpaired) electrons. The number of carboxylic acids is 1. The third-order valence-electron chi connectivity index (χ3n) is 3.97. The van der Waals surface area contributed by atoms with Crippen molar-refractivity contribution in [1.29, 1.82) is 0 Å². The molecule has 0 atom stereocenters. The zero-order chi connectivity index (χ0) is 21.3. The maximum atomic E-state index is 14.5. The zero-order valence-corrected chi connectivity index (χ0v) is 16.5. The molecule has 2 heterocycles. The van der Waals surface area contributed by atoms with Gasteiger partial charge in [-0.2, -0.15) is 5.10 Å². The molecule has 0 spiro atoms. The van der Waals surface area contributed by atoms with Crippen LogP contribution in [-0.2, 0) is 11.2 Å². The fourth-order valence-corrected chi connectivity index (χ4v) is 2.75. The predicted octanol–water partition coefficient (Wildman–Crippen LogP) is 4.14. The quantitative estimate of drug-likeness (QED) is 0.682. The second-order valence-corrected chi connectivity index (χ2v) is 7.41. The summed E-state index contributed by atoms with van der Waals surface area (Å²) in [5, 5.41) is 16.2. The summed E-state index contributed by atoms with van der Waals surface area (Å²) in [6.45, 7) is 7.07. The lowest BCUT2D eigenvalue weighted by atomic mass is 10.1. The minimum atomic E-state index is -1.15. The number of hydrogen-bond acceptors (Lipinski definition) is 5. The van der Waals surface area contributed by atoms with Gasteiger partial charge in [-0.1, -0.05) is 6.92 Å². The van der Waals surface area contributed by atoms with Crippen molar-refractivity contribution in [2.24, 2.45) is 0 Å². The van der Waals surface area contributed by atoms with Gasteiger partial charge in [-0.15, -0.1) is 0 Å². The van der Waals surface area contributed by atoms with E-state index in [9.17, 15) is 19.1 Å². The van der Waals surface area contributed by atoms with Crippen molar-refractivity contribution in [3.63, 3.8) is 0 Å². The second-order valence-electron chi connectivity index (χ2n) is 7.41. The lowest BCUT2D eigenvalue weighted by Gasteiger charge is -2.19. The van der Waals surface area contributed by atoms with Crippen molar-refractivity contribution in [2.45, 2.75) is 39.7 Å². The summed E-state index contributed by atoms with van der Waals surface area (Å²) >= 11 is 0. The number of carbonyl (C=O) groups is 2. The topological polar surface area (TPSA) is 106 Å². The number of aromatic carboxylic acids is 1. The number of amides is 1. The average Bonchev–Trinajstić information content (AvgIpc) is 3.04. The lowest BCUT2D eigenvalue weighted by Crippen LogP contribution is -2.27. The van der Waals surface area contributed by atoms with Gasteiger partial charge < -0.3 is 9.84 Å². The van der Waals surface area contributed by atoms with E-state index in [1.807, 2.05) is 6.92 Å². The van der Waals surface area contributed by atoms with Crippen LogP contribution in [0.2, 0.25) is 0 Å². The van der Waals surface area contributed by atoms with Gasteiger partial charge >= 0.3 is 12.1 Å². The minimum absolute atomic E-state index is 0.110. The highest BCUT2D eigenvalue weighted by Crippen LogP contribution is 2.27. The van der Waals surface area contributed by atoms with Gasteiger partial charge in [0.2, 0.25) is 0 Å². The number of hydrogen-bond donors (Lipinski definition) is 2. The van der Waals surface area contributed by atoms with E-state index in [0.29, 0.717) is 23.4 Å². The zero-order valence-electron chi connectivity index (χ0n) is 16.5. The highest BCUT2D eigenvalue weighted by atomic mass is 19.1. The Labute approximate surface area is 166 Å². The van der Waals surface area contributed by atoms with Crippen LogP contribution in [0.15, 0.2) is 30.3 Å². The van der Waals surface area contributed by atoms with Gasteiger partial charge in [-0.3, -0.25) is 5.32 Å². The van der Waals surface area contributed by atoms with Crippen molar-refractivity contribution < 1.29 is 23.8 Å². The Hall–Kier alpha value is -3.49. The highest BCUT2D eigenvalue weighted by Gasteiger charge is 2.18. The molecule has 0 aliphatic carbocycles. The van der Waals surface area contributed by atoms with Crippen molar-refractivity contribution in [3.05, 3.63) is 47.5 Å². The molecular weight excluding hydrogens is 379 g/mol. The van der Waals surface area contributed by atoms with E-state index >= 15 is 0 Å². The first kappa shape index (κ1) is 20.2. The molecule has 0 aliphatic heterocycles. The van der Waals surface area contributed by atoms with Crippen LogP contribution >= 0.6 is 0 Å². The first-order chi connectivity index (χ1) is 13.6. The molecule has 0 aliphatic rings. The number of fused-ring (bicyclic) bond motifs is 1. The maximum absolute atomic E-state index is 14.5. The fraction of sp³-hybridized carbons (Fsp3) is 0.300. The summed E-state index contributed by atoms with van der Waals surface area (Å²) in [4.78, 5) is 27.3. The number of carbonyl (C=O) groups excluding carboxylic acids is 1. The SMILES string of the molecule is CCc1cc(C(=O)O)nc2cc(-c3cc(NC(=O)OC(C)(C)C)ccc3F)nn12. The first-order valence-electron chi connectivity index (χ1n) is 9.00. The van der Waals surface area contributed by atoms with E-state index in [-0.39, 0.29) is 17.0 Å². The van der Waals surface area contributed by atoms with Crippen molar-refractivity contribution in [1.82, 2.24) is 14.6 Å². The molecule has 0 fully saturated rings. The number of rotatable bonds is 4. The van der Waals surface area contributed by atoms with Crippen molar-refractivity contribution in [2.75, 3.05) is 5.32 Å². The number of nitrogens with zero attached hydrogens (tertiary/aromatic N) is 3. The molecule has 3 rings (SSSR count). The number of halogens is 1. The summed E-state index contributed by atoms with van der Waals surface area (Å²) in [6, 6.07) is 6.99. The van der Waals surface area contributed by atoms with Gasteiger partial charge in [0.1, 0.15) is 11.4 Å². The summed E-state index contributed by atoms with van der Waals surface area (Å²) < 4.78 is 21.2. The van der Waals surface area contributed by atoms with Gasteiger partial charge in [0.25, 0.3) is 0 Å². The van der Waals surface area contributed by atoms with Crippen LogP contribution in [0.5, 0.6) is 0 Å². The largest absolute Gasteiger partial charge is 0.477 e. The number of benzene rings is 1. The van der Waals surface area contributed by atoms with Crippen LogP contribution < -0.4 is 5.32 Å². The molecule has 0 saturated carbocycles. The van der Waals surface area contributed by atoms with Gasteiger partial charge in [0, 0.05) is 23.0 Å². The van der Waals surface area contributed by atoms with E-state index in [1.54, 1.807) is 20.8 Å². The van der Waals surface area contributed by atoms with Crippen LogP contribution in [0, 0.1) is 5.82 Å². The minimum Gasteiger partial charge on any atom is -0.477 e. The number of aryl methyl sites for hydroxylation is 1. The first-order valence-corrected chi connectivity index (χ1v) is 9.00. The molecule has 152 valence electrons. The summed E-state index contributed by atoms with van der Waals surface area (Å²) in [6.07, 6.45) is -0.144. The standard InChI is InChI=1S/C20H21FN4O4/c1-5-12-9-16(18(26)27)23-17-10-15(24-25(12)17)13-8-11(6-7-14(13)21)22-19(28)29-20(2,3)4/h6-10H,5H2,1-4H3,(H,22,28)(H,26,27). The average molecular weight is 400 g/mol. The van der Waals surface area contributed by atoms with Crippen molar-refractivity contribution >= 4 is 23.4 Å². The van der Waals surface area contributed by atoms with E-state index < -0.39 is 23.5 Å².